The first-order valence-corrected chi connectivity index (χ1v) is 6.65. The molecule has 21 heavy (non-hydrogen) atoms. The lowest BCUT2D eigenvalue weighted by Crippen LogP contribution is -2.28. The van der Waals surface area contributed by atoms with Gasteiger partial charge in [-0.05, 0) is 46.7 Å². The molecule has 1 aromatic carbocycles. The summed E-state index contributed by atoms with van der Waals surface area (Å²) in [6.07, 6.45) is 0. The molecule has 2 N–H and O–H groups in total. The van der Waals surface area contributed by atoms with E-state index < -0.39 is 4.92 Å². The molecule has 7 nitrogen and oxygen atoms in total. The highest BCUT2D eigenvalue weighted by atomic mass is 16.6. The fraction of sp³-hybridized carbons (Fsp3) is 0.571. The molecule has 0 saturated heterocycles. The molecule has 0 saturated carbocycles. The molecule has 0 bridgehead atoms. The van der Waals surface area contributed by atoms with Gasteiger partial charge in [-0.25, -0.2) is 0 Å². The first-order valence-electron chi connectivity index (χ1n) is 6.65. The summed E-state index contributed by atoms with van der Waals surface area (Å²) in [5, 5.41) is 20.3. The number of nitro groups is 1. The standard InChI is InChI=1S/C14H22N4O3/c1-13(2,3)15-10-7-9(18(20)21)8-11(12(10)17-19)16-14(4,5)6/h7-8,15-16H,1-6H3. The number of benzene rings is 1. The second kappa shape index (κ2) is 5.67. The van der Waals surface area contributed by atoms with Crippen LogP contribution in [-0.4, -0.2) is 16.0 Å². The van der Waals surface area contributed by atoms with Gasteiger partial charge in [-0.2, -0.15) is 0 Å². The predicted octanol–water partition coefficient (Wildman–Crippen LogP) is 4.41. The molecule has 0 radical (unpaired) electrons. The van der Waals surface area contributed by atoms with Crippen molar-refractivity contribution in [2.75, 3.05) is 10.6 Å². The Morgan fingerprint density at radius 1 is 1.00 bits per heavy atom. The molecule has 0 amide bonds. The summed E-state index contributed by atoms with van der Waals surface area (Å²) >= 11 is 0. The normalized spacial score (nSPS) is 11.9. The van der Waals surface area contributed by atoms with Crippen LogP contribution in [0.3, 0.4) is 0 Å². The smallest absolute Gasteiger partial charge is 0.273 e. The number of nitro benzene ring substituents is 1. The molecule has 1 aromatic rings. The summed E-state index contributed by atoms with van der Waals surface area (Å²) in [4.78, 5) is 21.8. The second-order valence-electron chi connectivity index (χ2n) is 6.99. The molecular formula is C14H22N4O3. The van der Waals surface area contributed by atoms with Crippen LogP contribution in [0, 0.1) is 15.0 Å². The Kier molecular flexibility index (Phi) is 4.56. The first kappa shape index (κ1) is 16.9. The van der Waals surface area contributed by atoms with E-state index in [0.29, 0.717) is 11.4 Å². The van der Waals surface area contributed by atoms with Crippen LogP contribution in [0.15, 0.2) is 17.3 Å². The van der Waals surface area contributed by atoms with Crippen molar-refractivity contribution < 1.29 is 4.92 Å². The number of hydrogen-bond donors (Lipinski definition) is 2. The van der Waals surface area contributed by atoms with Crippen molar-refractivity contribution in [3.8, 4) is 0 Å². The Morgan fingerprint density at radius 3 is 1.62 bits per heavy atom. The molecule has 0 heterocycles. The van der Waals surface area contributed by atoms with Gasteiger partial charge in [0.1, 0.15) is 0 Å². The average molecular weight is 294 g/mol. The number of rotatable bonds is 4. The Bertz CT molecular complexity index is 519. The highest BCUT2D eigenvalue weighted by molar-refractivity contribution is 5.83. The molecule has 0 atom stereocenters. The van der Waals surface area contributed by atoms with Crippen LogP contribution in [0.5, 0.6) is 0 Å². The van der Waals surface area contributed by atoms with Crippen LogP contribution in [-0.2, 0) is 0 Å². The number of nitrogens with zero attached hydrogens (tertiary/aromatic N) is 2. The summed E-state index contributed by atoms with van der Waals surface area (Å²) in [5.41, 5.74) is 0.0321. The summed E-state index contributed by atoms with van der Waals surface area (Å²) in [7, 11) is 0. The van der Waals surface area contributed by atoms with E-state index in [1.165, 1.54) is 12.1 Å². The Labute approximate surface area is 124 Å². The van der Waals surface area contributed by atoms with Crippen molar-refractivity contribution in [2.45, 2.75) is 52.6 Å². The average Bonchev–Trinajstić information content (AvgIpc) is 2.23. The number of nitroso groups, excluding NO2 is 1. The van der Waals surface area contributed by atoms with E-state index >= 15 is 0 Å². The molecule has 7 heteroatoms. The molecule has 116 valence electrons. The van der Waals surface area contributed by atoms with Crippen LogP contribution in [0.1, 0.15) is 41.5 Å². The Hall–Kier alpha value is -2.18. The molecule has 0 fully saturated rings. The Morgan fingerprint density at radius 2 is 1.38 bits per heavy atom. The van der Waals surface area contributed by atoms with Crippen molar-refractivity contribution in [1.29, 1.82) is 0 Å². The number of non-ortho nitro benzene ring substituents is 1. The number of hydrogen-bond acceptors (Lipinski definition) is 6. The second-order valence-corrected chi connectivity index (χ2v) is 6.99. The number of nitrogens with one attached hydrogen (secondary N) is 2. The van der Waals surface area contributed by atoms with Crippen molar-refractivity contribution >= 4 is 22.7 Å². The zero-order valence-corrected chi connectivity index (χ0v) is 13.3. The van der Waals surface area contributed by atoms with Crippen molar-refractivity contribution in [2.24, 2.45) is 5.18 Å². The Balaban J connectivity index is 3.46. The van der Waals surface area contributed by atoms with Crippen LogP contribution < -0.4 is 10.6 Å². The maximum Gasteiger partial charge on any atom is 0.273 e. The SMILES string of the molecule is CC(C)(C)Nc1cc([N+](=O)[O-])cc(NC(C)(C)C)c1N=O. The maximum absolute atomic E-state index is 11.2. The van der Waals surface area contributed by atoms with Gasteiger partial charge in [0, 0.05) is 23.2 Å². The third-order valence-electron chi connectivity index (χ3n) is 2.42. The van der Waals surface area contributed by atoms with Crippen LogP contribution >= 0.6 is 0 Å². The van der Waals surface area contributed by atoms with Gasteiger partial charge in [-0.3, -0.25) is 10.1 Å². The molecule has 1 rings (SSSR count). The van der Waals surface area contributed by atoms with E-state index in [2.05, 4.69) is 15.8 Å². The highest BCUT2D eigenvalue weighted by Gasteiger charge is 2.23. The van der Waals surface area contributed by atoms with Crippen LogP contribution in [0.25, 0.3) is 0 Å². The molecule has 0 aliphatic rings. The minimum Gasteiger partial charge on any atom is -0.378 e. The molecule has 0 spiro atoms. The van der Waals surface area contributed by atoms with E-state index in [0.717, 1.165) is 0 Å². The van der Waals surface area contributed by atoms with Gasteiger partial charge in [-0.1, -0.05) is 0 Å². The van der Waals surface area contributed by atoms with Gasteiger partial charge in [0.25, 0.3) is 5.69 Å². The lowest BCUT2D eigenvalue weighted by Gasteiger charge is -2.26. The van der Waals surface area contributed by atoms with Gasteiger partial charge in [0.2, 0.25) is 0 Å². The van der Waals surface area contributed by atoms with E-state index in [9.17, 15) is 15.0 Å². The van der Waals surface area contributed by atoms with Crippen LogP contribution in [0.4, 0.5) is 22.7 Å². The summed E-state index contributed by atoms with van der Waals surface area (Å²) in [6.45, 7) is 11.4. The zero-order chi connectivity index (χ0) is 16.4. The minimum absolute atomic E-state index is 0.0964. The fourth-order valence-electron chi connectivity index (χ4n) is 1.82. The topological polar surface area (TPSA) is 96.6 Å². The maximum atomic E-state index is 11.2. The predicted molar refractivity (Wildman–Crippen MR) is 85.3 cm³/mol. The van der Waals surface area contributed by atoms with Gasteiger partial charge in [0.05, 0.1) is 16.3 Å². The summed E-state index contributed by atoms with van der Waals surface area (Å²) < 4.78 is 0. The molecule has 0 aliphatic carbocycles. The quantitative estimate of drug-likeness (QED) is 0.487. The highest BCUT2D eigenvalue weighted by Crippen LogP contribution is 2.40. The molecule has 0 aromatic heterocycles. The third-order valence-corrected chi connectivity index (χ3v) is 2.42. The first-order chi connectivity index (χ1) is 9.43. The lowest BCUT2D eigenvalue weighted by atomic mass is 10.1. The van der Waals surface area contributed by atoms with Gasteiger partial charge < -0.3 is 10.6 Å². The molecule has 0 unspecified atom stereocenters. The minimum atomic E-state index is -0.490. The van der Waals surface area contributed by atoms with Crippen molar-refractivity contribution in [1.82, 2.24) is 0 Å². The van der Waals surface area contributed by atoms with E-state index in [4.69, 9.17) is 0 Å². The van der Waals surface area contributed by atoms with E-state index in [1.54, 1.807) is 0 Å². The zero-order valence-electron chi connectivity index (χ0n) is 13.3. The van der Waals surface area contributed by atoms with E-state index in [1.807, 2.05) is 41.5 Å². The monoisotopic (exact) mass is 294 g/mol. The fourth-order valence-corrected chi connectivity index (χ4v) is 1.82. The summed E-state index contributed by atoms with van der Waals surface area (Å²) in [5.74, 6) is 0. The van der Waals surface area contributed by atoms with E-state index in [-0.39, 0.29) is 22.5 Å². The van der Waals surface area contributed by atoms with Gasteiger partial charge >= 0.3 is 0 Å². The van der Waals surface area contributed by atoms with Crippen molar-refractivity contribution in [3.05, 3.63) is 27.2 Å². The summed E-state index contributed by atoms with van der Waals surface area (Å²) in [6, 6.07) is 2.66. The molecular weight excluding hydrogens is 272 g/mol. The van der Waals surface area contributed by atoms with Crippen molar-refractivity contribution in [3.63, 3.8) is 0 Å². The van der Waals surface area contributed by atoms with Crippen LogP contribution in [0.2, 0.25) is 0 Å². The lowest BCUT2D eigenvalue weighted by molar-refractivity contribution is -0.384. The number of anilines is 2. The third kappa shape index (κ3) is 5.02. The van der Waals surface area contributed by atoms with Gasteiger partial charge in [0.15, 0.2) is 5.69 Å². The molecule has 0 aliphatic heterocycles. The van der Waals surface area contributed by atoms with Gasteiger partial charge in [-0.15, -0.1) is 4.91 Å². The largest absolute Gasteiger partial charge is 0.378 e.